The predicted molar refractivity (Wildman–Crippen MR) is 73.5 cm³/mol. The van der Waals surface area contributed by atoms with Gasteiger partial charge in [0.15, 0.2) is 11.5 Å². The molecular formula is C15H22O4. The maximum Gasteiger partial charge on any atom is 0.160 e. The summed E-state index contributed by atoms with van der Waals surface area (Å²) in [5.74, 6) is 0.636. The second kappa shape index (κ2) is 7.79. The summed E-state index contributed by atoms with van der Waals surface area (Å²) in [7, 11) is 1.50. The molecule has 1 aromatic rings. The van der Waals surface area contributed by atoms with Crippen molar-refractivity contribution in [1.29, 1.82) is 0 Å². The van der Waals surface area contributed by atoms with Gasteiger partial charge >= 0.3 is 0 Å². The van der Waals surface area contributed by atoms with Crippen molar-refractivity contribution in [2.24, 2.45) is 0 Å². The van der Waals surface area contributed by atoms with Crippen molar-refractivity contribution in [3.8, 4) is 11.5 Å². The molecule has 4 heteroatoms. The summed E-state index contributed by atoms with van der Waals surface area (Å²) < 4.78 is 5.02. The van der Waals surface area contributed by atoms with E-state index in [1.807, 2.05) is 6.92 Å². The van der Waals surface area contributed by atoms with Crippen LogP contribution in [0.25, 0.3) is 0 Å². The molecule has 0 fully saturated rings. The fourth-order valence-corrected chi connectivity index (χ4v) is 1.96. The highest BCUT2D eigenvalue weighted by Gasteiger charge is 2.11. The number of hydrogen-bond donors (Lipinski definition) is 2. The highest BCUT2D eigenvalue weighted by molar-refractivity contribution is 5.78. The average molecular weight is 266 g/mol. The molecule has 0 heterocycles. The monoisotopic (exact) mass is 266 g/mol. The molecule has 0 amide bonds. The summed E-state index contributed by atoms with van der Waals surface area (Å²) in [4.78, 5) is 11.4. The lowest BCUT2D eigenvalue weighted by atomic mass is 10.0. The molecule has 0 aromatic heterocycles. The first-order chi connectivity index (χ1) is 9.06. The van der Waals surface area contributed by atoms with Gasteiger partial charge in [0.2, 0.25) is 0 Å². The number of carbonyl (C=O) groups excluding carboxylic acids is 1. The number of rotatable bonds is 8. The van der Waals surface area contributed by atoms with E-state index in [0.717, 1.165) is 12.0 Å². The van der Waals surface area contributed by atoms with Gasteiger partial charge in [-0.25, -0.2) is 0 Å². The molecule has 19 heavy (non-hydrogen) atoms. The summed E-state index contributed by atoms with van der Waals surface area (Å²) >= 11 is 0. The van der Waals surface area contributed by atoms with Crippen LogP contribution in [-0.4, -0.2) is 29.2 Å². The number of hydrogen-bond acceptors (Lipinski definition) is 4. The second-order valence-corrected chi connectivity index (χ2v) is 4.69. The zero-order chi connectivity index (χ0) is 14.3. The van der Waals surface area contributed by atoms with Gasteiger partial charge in [-0.05, 0) is 37.0 Å². The maximum absolute atomic E-state index is 11.4. The molecule has 1 aromatic carbocycles. The lowest BCUT2D eigenvalue weighted by molar-refractivity contribution is -0.121. The summed E-state index contributed by atoms with van der Waals surface area (Å²) in [6.07, 6.45) is 2.16. The van der Waals surface area contributed by atoms with Crippen LogP contribution in [0.5, 0.6) is 11.5 Å². The van der Waals surface area contributed by atoms with Gasteiger partial charge in [0.1, 0.15) is 5.78 Å². The van der Waals surface area contributed by atoms with Gasteiger partial charge in [-0.3, -0.25) is 4.79 Å². The van der Waals surface area contributed by atoms with Crippen molar-refractivity contribution in [2.45, 2.75) is 45.1 Å². The lowest BCUT2D eigenvalue weighted by Crippen LogP contribution is -2.14. The number of aryl methyl sites for hydroxylation is 1. The Labute approximate surface area is 114 Å². The Balaban J connectivity index is 2.45. The zero-order valence-electron chi connectivity index (χ0n) is 11.6. The van der Waals surface area contributed by atoms with Gasteiger partial charge in [0, 0.05) is 12.8 Å². The molecule has 0 saturated heterocycles. The molecule has 0 radical (unpaired) electrons. The molecule has 0 saturated carbocycles. The van der Waals surface area contributed by atoms with Crippen LogP contribution in [0.4, 0.5) is 0 Å². The molecule has 1 atom stereocenters. The molecule has 0 aliphatic rings. The van der Waals surface area contributed by atoms with Crippen LogP contribution in [0.3, 0.4) is 0 Å². The number of ether oxygens (including phenoxy) is 1. The van der Waals surface area contributed by atoms with Gasteiger partial charge in [0.25, 0.3) is 0 Å². The Hall–Kier alpha value is -1.55. The Kier molecular flexibility index (Phi) is 6.36. The third kappa shape index (κ3) is 5.30. The number of Topliss-reactive ketones (excluding diaryl/α,β-unsaturated/α-hetero) is 1. The van der Waals surface area contributed by atoms with Crippen molar-refractivity contribution in [2.75, 3.05) is 7.11 Å². The number of phenolic OH excluding ortho intramolecular Hbond substituents is 1. The van der Waals surface area contributed by atoms with Crippen molar-refractivity contribution in [3.05, 3.63) is 23.8 Å². The number of ketones is 1. The normalized spacial score (nSPS) is 12.2. The van der Waals surface area contributed by atoms with Crippen molar-refractivity contribution in [1.82, 2.24) is 0 Å². The molecule has 0 aliphatic carbocycles. The molecule has 106 valence electrons. The minimum atomic E-state index is -0.598. The third-order valence-corrected chi connectivity index (χ3v) is 3.00. The molecule has 4 nitrogen and oxygen atoms in total. The summed E-state index contributed by atoms with van der Waals surface area (Å²) in [5, 5.41) is 19.3. The Bertz CT molecular complexity index is 415. The second-order valence-electron chi connectivity index (χ2n) is 4.69. The first-order valence-electron chi connectivity index (χ1n) is 6.62. The van der Waals surface area contributed by atoms with E-state index in [1.54, 1.807) is 18.2 Å². The quantitative estimate of drug-likeness (QED) is 0.758. The summed E-state index contributed by atoms with van der Waals surface area (Å²) in [5.41, 5.74) is 0.969. The van der Waals surface area contributed by atoms with Crippen LogP contribution < -0.4 is 4.74 Å². The minimum absolute atomic E-state index is 0.102. The predicted octanol–water partition coefficient (Wildman–Crippen LogP) is 2.45. The van der Waals surface area contributed by atoms with E-state index in [1.165, 1.54) is 7.11 Å². The number of aromatic hydroxyl groups is 1. The number of aliphatic hydroxyl groups excluding tert-OH is 1. The molecule has 1 rings (SSSR count). The van der Waals surface area contributed by atoms with Crippen LogP contribution in [0.2, 0.25) is 0 Å². The van der Waals surface area contributed by atoms with Crippen LogP contribution >= 0.6 is 0 Å². The molecule has 1 unspecified atom stereocenters. The van der Waals surface area contributed by atoms with Gasteiger partial charge in [-0.15, -0.1) is 0 Å². The van der Waals surface area contributed by atoms with E-state index in [0.29, 0.717) is 25.0 Å². The van der Waals surface area contributed by atoms with E-state index in [2.05, 4.69) is 0 Å². The van der Waals surface area contributed by atoms with E-state index < -0.39 is 6.10 Å². The van der Waals surface area contributed by atoms with Crippen molar-refractivity contribution >= 4 is 5.78 Å². The highest BCUT2D eigenvalue weighted by atomic mass is 16.5. The number of carbonyl (C=O) groups is 1. The van der Waals surface area contributed by atoms with Crippen molar-refractivity contribution < 1.29 is 19.7 Å². The van der Waals surface area contributed by atoms with E-state index in [4.69, 9.17) is 4.74 Å². The van der Waals surface area contributed by atoms with Crippen LogP contribution in [0.15, 0.2) is 18.2 Å². The van der Waals surface area contributed by atoms with Crippen LogP contribution in [-0.2, 0) is 11.2 Å². The largest absolute Gasteiger partial charge is 0.504 e. The number of phenols is 1. The first-order valence-corrected chi connectivity index (χ1v) is 6.62. The number of methoxy groups -OCH3 is 1. The standard InChI is InChI=1S/C15H22O4/c1-3-4-12(16)10-13(17)7-5-11-6-8-14(18)15(9-11)19-2/h6,8-9,13,17-18H,3-5,7,10H2,1-2H3. The van der Waals surface area contributed by atoms with Gasteiger partial charge in [-0.2, -0.15) is 0 Å². The Morgan fingerprint density at radius 2 is 2.16 bits per heavy atom. The molecular weight excluding hydrogens is 244 g/mol. The van der Waals surface area contributed by atoms with Crippen molar-refractivity contribution in [3.63, 3.8) is 0 Å². The Morgan fingerprint density at radius 1 is 1.42 bits per heavy atom. The first kappa shape index (κ1) is 15.5. The van der Waals surface area contributed by atoms with E-state index >= 15 is 0 Å². The SMILES string of the molecule is CCCC(=O)CC(O)CCc1ccc(O)c(OC)c1. The molecule has 0 spiro atoms. The smallest absolute Gasteiger partial charge is 0.160 e. The van der Waals surface area contributed by atoms with Gasteiger partial charge in [0.05, 0.1) is 13.2 Å². The molecule has 0 bridgehead atoms. The van der Waals surface area contributed by atoms with E-state index in [9.17, 15) is 15.0 Å². The highest BCUT2D eigenvalue weighted by Crippen LogP contribution is 2.26. The maximum atomic E-state index is 11.4. The summed E-state index contributed by atoms with van der Waals surface area (Å²) in [6.45, 7) is 1.95. The zero-order valence-corrected chi connectivity index (χ0v) is 11.6. The fraction of sp³-hybridized carbons (Fsp3) is 0.533. The fourth-order valence-electron chi connectivity index (χ4n) is 1.96. The molecule has 2 N–H and O–H groups in total. The summed E-state index contributed by atoms with van der Waals surface area (Å²) in [6, 6.07) is 5.11. The van der Waals surface area contributed by atoms with Crippen LogP contribution in [0, 0.1) is 0 Å². The average Bonchev–Trinajstić information content (AvgIpc) is 2.38. The van der Waals surface area contributed by atoms with Gasteiger partial charge < -0.3 is 14.9 Å². The third-order valence-electron chi connectivity index (χ3n) is 3.00. The number of benzene rings is 1. The molecule has 0 aliphatic heterocycles. The van der Waals surface area contributed by atoms with Crippen LogP contribution in [0.1, 0.15) is 38.2 Å². The minimum Gasteiger partial charge on any atom is -0.504 e. The lowest BCUT2D eigenvalue weighted by Gasteiger charge is -2.10. The number of aliphatic hydroxyl groups is 1. The topological polar surface area (TPSA) is 66.8 Å². The van der Waals surface area contributed by atoms with Gasteiger partial charge in [-0.1, -0.05) is 13.0 Å². The Morgan fingerprint density at radius 3 is 2.79 bits per heavy atom. The van der Waals surface area contributed by atoms with E-state index in [-0.39, 0.29) is 18.0 Å².